The van der Waals surface area contributed by atoms with Crippen molar-refractivity contribution in [3.05, 3.63) is 52.2 Å². The van der Waals surface area contributed by atoms with E-state index in [9.17, 15) is 18.0 Å². The lowest BCUT2D eigenvalue weighted by Gasteiger charge is -2.22. The molecular weight excluding hydrogens is 403 g/mol. The number of alkyl halides is 2. The third-order valence-corrected chi connectivity index (χ3v) is 4.51. The second kappa shape index (κ2) is 9.40. The van der Waals surface area contributed by atoms with Gasteiger partial charge in [-0.2, -0.15) is 0 Å². The summed E-state index contributed by atoms with van der Waals surface area (Å²) >= 11 is 0. The molecule has 2 aromatic rings. The molecule has 1 aromatic heterocycles. The maximum absolute atomic E-state index is 14.7. The number of carbonyl (C=O) groups excluding carboxylic acids is 1. The van der Waals surface area contributed by atoms with Crippen molar-refractivity contribution in [2.45, 2.75) is 39.0 Å². The van der Waals surface area contributed by atoms with Gasteiger partial charge in [-0.25, -0.2) is 23.1 Å². The van der Waals surface area contributed by atoms with Gasteiger partial charge in [0.25, 0.3) is 6.43 Å². The van der Waals surface area contributed by atoms with Crippen LogP contribution in [0.3, 0.4) is 0 Å². The van der Waals surface area contributed by atoms with Crippen LogP contribution >= 0.6 is 0 Å². The topological polar surface area (TPSA) is 82.6 Å². The molecule has 0 amide bonds. The van der Waals surface area contributed by atoms with Crippen molar-refractivity contribution in [2.24, 2.45) is 0 Å². The predicted octanol–water partition coefficient (Wildman–Crippen LogP) is 3.80. The number of benzene rings is 1. The van der Waals surface area contributed by atoms with Crippen LogP contribution in [0.25, 0.3) is 0 Å². The molecule has 0 radical (unpaired) electrons. The van der Waals surface area contributed by atoms with E-state index in [0.29, 0.717) is 13.2 Å². The third-order valence-electron chi connectivity index (χ3n) is 4.51. The number of hydrogen-bond donors (Lipinski definition) is 1. The number of esters is 1. The summed E-state index contributed by atoms with van der Waals surface area (Å²) in [6.07, 6.45) is -4.16. The minimum atomic E-state index is -3.03. The van der Waals surface area contributed by atoms with E-state index >= 15 is 0 Å². The monoisotopic (exact) mass is 426 g/mol. The number of aryl methyl sites for hydroxylation is 1. The van der Waals surface area contributed by atoms with E-state index in [0.717, 1.165) is 6.07 Å². The Morgan fingerprint density at radius 1 is 1.33 bits per heavy atom. The van der Waals surface area contributed by atoms with Crippen molar-refractivity contribution in [2.75, 3.05) is 25.6 Å². The quantitative estimate of drug-likeness (QED) is 0.675. The van der Waals surface area contributed by atoms with Crippen molar-refractivity contribution in [3.8, 4) is 0 Å². The van der Waals surface area contributed by atoms with Gasteiger partial charge < -0.3 is 19.5 Å². The van der Waals surface area contributed by atoms with Gasteiger partial charge in [-0.3, -0.25) is 4.79 Å². The first kappa shape index (κ1) is 20.5. The summed E-state index contributed by atoms with van der Waals surface area (Å²) in [6.45, 7) is 3.46. The van der Waals surface area contributed by atoms with Crippen LogP contribution in [0.5, 0.6) is 0 Å². The first-order chi connectivity index (χ1) is 14.6. The zero-order valence-electron chi connectivity index (χ0n) is 17.7. The van der Waals surface area contributed by atoms with Crippen LogP contribution in [-0.4, -0.2) is 36.3 Å². The molecule has 1 aliphatic heterocycles. The minimum Gasteiger partial charge on any atom is -0.469 e. The number of nitrogens with one attached hydrogen (secondary N) is 1. The minimum absolute atomic E-state index is 0.0673. The summed E-state index contributed by atoms with van der Waals surface area (Å²) in [4.78, 5) is 20.4. The zero-order valence-corrected chi connectivity index (χ0v) is 16.7. The lowest BCUT2D eigenvalue weighted by Crippen LogP contribution is -2.19. The molecule has 3 rings (SSSR count). The van der Waals surface area contributed by atoms with E-state index in [1.165, 1.54) is 26.2 Å². The molecule has 0 unspecified atom stereocenters. The molecule has 0 saturated carbocycles. The standard InChI is InChI=1S/C20H22F3N3O4/c1-10(12-5-4-6-13(17(12)21)18(22)23)24-19-16(20-29-7-8-30-20)14(9-15(27)28-3)25-11(2)26-19/h4-6,10,18,20H,7-9H2,1-3H3,(H,24,25,26)/t10-/m1/s1/i10D. The van der Waals surface area contributed by atoms with Crippen molar-refractivity contribution in [1.29, 1.82) is 0 Å². The maximum atomic E-state index is 14.7. The Kier molecular flexibility index (Phi) is 6.44. The van der Waals surface area contributed by atoms with Gasteiger partial charge in [0.2, 0.25) is 0 Å². The molecule has 0 aliphatic carbocycles. The van der Waals surface area contributed by atoms with Gasteiger partial charge in [0, 0.05) is 5.56 Å². The first-order valence-electron chi connectivity index (χ1n) is 9.66. The van der Waals surface area contributed by atoms with Crippen LogP contribution < -0.4 is 5.32 Å². The van der Waals surface area contributed by atoms with Crippen LogP contribution in [0.2, 0.25) is 0 Å². The fourth-order valence-electron chi connectivity index (χ4n) is 3.10. The van der Waals surface area contributed by atoms with E-state index in [4.69, 9.17) is 15.6 Å². The average Bonchev–Trinajstić information content (AvgIpc) is 3.21. The van der Waals surface area contributed by atoms with Crippen molar-refractivity contribution in [1.82, 2.24) is 9.97 Å². The highest BCUT2D eigenvalue weighted by Gasteiger charge is 2.29. The van der Waals surface area contributed by atoms with E-state index in [1.54, 1.807) is 6.92 Å². The number of hydrogen-bond acceptors (Lipinski definition) is 7. The average molecular weight is 426 g/mol. The molecule has 30 heavy (non-hydrogen) atoms. The second-order valence-corrected chi connectivity index (χ2v) is 6.57. The first-order valence-corrected chi connectivity index (χ1v) is 9.16. The molecule has 1 saturated heterocycles. The van der Waals surface area contributed by atoms with Gasteiger partial charge in [-0.1, -0.05) is 18.2 Å². The van der Waals surface area contributed by atoms with Crippen LogP contribution in [0.1, 0.15) is 55.2 Å². The summed E-state index contributed by atoms with van der Waals surface area (Å²) in [5, 5.41) is 2.78. The molecule has 1 atom stereocenters. The molecule has 0 spiro atoms. The largest absolute Gasteiger partial charge is 0.469 e. The van der Waals surface area contributed by atoms with Crippen LogP contribution in [0.15, 0.2) is 18.2 Å². The predicted molar refractivity (Wildman–Crippen MR) is 101 cm³/mol. The number of aromatic nitrogens is 2. The number of methoxy groups -OCH3 is 1. The molecule has 162 valence electrons. The summed E-state index contributed by atoms with van der Waals surface area (Å²) < 4.78 is 65.4. The van der Waals surface area contributed by atoms with Gasteiger partial charge in [-0.05, 0) is 13.8 Å². The third kappa shape index (κ3) is 4.71. The van der Waals surface area contributed by atoms with Crippen molar-refractivity contribution < 1.29 is 33.5 Å². The van der Waals surface area contributed by atoms with Gasteiger partial charge in [-0.15, -0.1) is 0 Å². The lowest BCUT2D eigenvalue weighted by atomic mass is 10.0. The highest BCUT2D eigenvalue weighted by atomic mass is 19.3. The number of ether oxygens (including phenoxy) is 3. The normalized spacial score (nSPS) is 17.0. The lowest BCUT2D eigenvalue weighted by molar-refractivity contribution is -0.139. The fraction of sp³-hybridized carbons (Fsp3) is 0.450. The van der Waals surface area contributed by atoms with Gasteiger partial charge >= 0.3 is 5.97 Å². The fourth-order valence-corrected chi connectivity index (χ4v) is 3.10. The molecule has 7 nitrogen and oxygen atoms in total. The Morgan fingerprint density at radius 2 is 2.00 bits per heavy atom. The van der Waals surface area contributed by atoms with Crippen LogP contribution in [-0.2, 0) is 25.4 Å². The molecule has 1 aliphatic rings. The molecule has 2 heterocycles. The molecular formula is C20H22F3N3O4. The van der Waals surface area contributed by atoms with E-state index in [2.05, 4.69) is 15.3 Å². The maximum Gasteiger partial charge on any atom is 0.311 e. The number of halogens is 3. The Balaban J connectivity index is 2.07. The highest BCUT2D eigenvalue weighted by molar-refractivity contribution is 5.73. The van der Waals surface area contributed by atoms with E-state index in [-0.39, 0.29) is 34.9 Å². The molecule has 0 bridgehead atoms. The summed E-state index contributed by atoms with van der Waals surface area (Å²) in [6, 6.07) is 1.57. The SMILES string of the molecule is [2H][C@](C)(Nc1nc(C)nc(CC(=O)OC)c1C1OCCO1)c1cccc(C(F)F)c1F. The summed E-state index contributed by atoms with van der Waals surface area (Å²) in [5.41, 5.74) is -0.579. The molecule has 1 aromatic carbocycles. The summed E-state index contributed by atoms with van der Waals surface area (Å²) in [7, 11) is 1.23. The van der Waals surface area contributed by atoms with Gasteiger partial charge in [0.15, 0.2) is 6.29 Å². The molecule has 1 fully saturated rings. The second-order valence-electron chi connectivity index (χ2n) is 6.57. The molecule has 1 N–H and O–H groups in total. The van der Waals surface area contributed by atoms with Crippen LogP contribution in [0, 0.1) is 12.7 Å². The van der Waals surface area contributed by atoms with Gasteiger partial charge in [0.1, 0.15) is 17.5 Å². The summed E-state index contributed by atoms with van der Waals surface area (Å²) in [5.74, 6) is -1.41. The van der Waals surface area contributed by atoms with E-state index < -0.39 is 36.1 Å². The number of anilines is 1. The smallest absolute Gasteiger partial charge is 0.311 e. The number of rotatable bonds is 7. The van der Waals surface area contributed by atoms with Crippen LogP contribution in [0.4, 0.5) is 19.0 Å². The van der Waals surface area contributed by atoms with Crippen molar-refractivity contribution >= 4 is 11.8 Å². The van der Waals surface area contributed by atoms with Crippen molar-refractivity contribution in [3.63, 3.8) is 0 Å². The van der Waals surface area contributed by atoms with Gasteiger partial charge in [0.05, 0.1) is 51.0 Å². The van der Waals surface area contributed by atoms with E-state index in [1.807, 2.05) is 0 Å². The Bertz CT molecular complexity index is 969. The molecule has 10 heteroatoms. The highest BCUT2D eigenvalue weighted by Crippen LogP contribution is 2.34. The Morgan fingerprint density at radius 3 is 2.63 bits per heavy atom. The zero-order chi connectivity index (χ0) is 22.8. The number of carbonyl (C=O) groups is 1. The Labute approximate surface area is 173 Å². The Hall–Kier alpha value is -2.72. The number of nitrogens with zero attached hydrogens (tertiary/aromatic N) is 2.